The zero-order valence-electron chi connectivity index (χ0n) is 15.7. The summed E-state index contributed by atoms with van der Waals surface area (Å²) in [5, 5.41) is 12.3. The Hall–Kier alpha value is -3.00. The number of carboxylic acids is 1. The normalized spacial score (nSPS) is 10.9. The fourth-order valence-corrected chi connectivity index (χ4v) is 3.95. The second kappa shape index (κ2) is 8.35. The van der Waals surface area contributed by atoms with Crippen molar-refractivity contribution < 1.29 is 14.7 Å². The van der Waals surface area contributed by atoms with Gasteiger partial charge in [-0.3, -0.25) is 14.2 Å². The van der Waals surface area contributed by atoms with Crippen LogP contribution in [0, 0.1) is 6.92 Å². The van der Waals surface area contributed by atoms with E-state index < -0.39 is 5.97 Å². The highest BCUT2D eigenvalue weighted by Crippen LogP contribution is 2.26. The standard InChI is InChI=1S/C20H21N3O4S/c1-3-4-9-23-11-22-18-15(19(23)25)12(2)16(28-18)17(24)21-10-13-5-7-14(8-6-13)20(26)27/h5-8,11H,3-4,9-10H2,1-2H3,(H,21,24)(H,26,27). The van der Waals surface area contributed by atoms with Crippen molar-refractivity contribution in [3.8, 4) is 0 Å². The third-order valence-electron chi connectivity index (χ3n) is 4.53. The third kappa shape index (κ3) is 3.96. The zero-order valence-corrected chi connectivity index (χ0v) is 16.5. The van der Waals surface area contributed by atoms with Gasteiger partial charge in [0, 0.05) is 13.1 Å². The quantitative estimate of drug-likeness (QED) is 0.635. The molecule has 1 amide bonds. The fourth-order valence-electron chi connectivity index (χ4n) is 2.89. The molecule has 0 radical (unpaired) electrons. The predicted molar refractivity (Wildman–Crippen MR) is 108 cm³/mol. The second-order valence-corrected chi connectivity index (χ2v) is 7.52. The SMILES string of the molecule is CCCCn1cnc2sc(C(=O)NCc3ccc(C(=O)O)cc3)c(C)c2c1=O. The minimum Gasteiger partial charge on any atom is -0.478 e. The topological polar surface area (TPSA) is 101 Å². The van der Waals surface area contributed by atoms with Crippen LogP contribution < -0.4 is 10.9 Å². The number of fused-ring (bicyclic) bond motifs is 1. The van der Waals surface area contributed by atoms with E-state index in [9.17, 15) is 14.4 Å². The Morgan fingerprint density at radius 1 is 1.25 bits per heavy atom. The second-order valence-electron chi connectivity index (χ2n) is 6.52. The van der Waals surface area contributed by atoms with Crippen molar-refractivity contribution in [1.82, 2.24) is 14.9 Å². The van der Waals surface area contributed by atoms with Crippen molar-refractivity contribution in [2.24, 2.45) is 0 Å². The molecule has 0 bridgehead atoms. The van der Waals surface area contributed by atoms with E-state index in [-0.39, 0.29) is 23.6 Å². The van der Waals surface area contributed by atoms with Crippen LogP contribution in [-0.4, -0.2) is 26.5 Å². The van der Waals surface area contributed by atoms with Crippen LogP contribution in [0.1, 0.15) is 50.9 Å². The Morgan fingerprint density at radius 3 is 2.61 bits per heavy atom. The largest absolute Gasteiger partial charge is 0.478 e. The maximum Gasteiger partial charge on any atom is 0.335 e. The number of hydrogen-bond acceptors (Lipinski definition) is 5. The molecule has 146 valence electrons. The molecule has 2 heterocycles. The summed E-state index contributed by atoms with van der Waals surface area (Å²) in [7, 11) is 0. The molecule has 2 N–H and O–H groups in total. The van der Waals surface area contributed by atoms with Gasteiger partial charge in [0.2, 0.25) is 0 Å². The molecule has 0 unspecified atom stereocenters. The van der Waals surface area contributed by atoms with Gasteiger partial charge in [0.25, 0.3) is 11.5 Å². The molecule has 0 spiro atoms. The molecular weight excluding hydrogens is 378 g/mol. The zero-order chi connectivity index (χ0) is 20.3. The number of amides is 1. The van der Waals surface area contributed by atoms with Crippen LogP contribution in [0.2, 0.25) is 0 Å². The molecule has 8 heteroatoms. The number of aromatic nitrogens is 2. The van der Waals surface area contributed by atoms with Gasteiger partial charge in [-0.05, 0) is 36.6 Å². The highest BCUT2D eigenvalue weighted by molar-refractivity contribution is 7.20. The monoisotopic (exact) mass is 399 g/mol. The van der Waals surface area contributed by atoms with E-state index in [2.05, 4.69) is 17.2 Å². The first-order valence-electron chi connectivity index (χ1n) is 9.01. The number of aromatic carboxylic acids is 1. The minimum absolute atomic E-state index is 0.115. The molecule has 0 saturated heterocycles. The first-order valence-corrected chi connectivity index (χ1v) is 9.83. The van der Waals surface area contributed by atoms with Crippen LogP contribution in [0.15, 0.2) is 35.4 Å². The average Bonchev–Trinajstić information content (AvgIpc) is 3.03. The molecule has 3 rings (SSSR count). The number of benzene rings is 1. The molecule has 0 aliphatic heterocycles. The summed E-state index contributed by atoms with van der Waals surface area (Å²) in [6.07, 6.45) is 3.42. The van der Waals surface area contributed by atoms with Gasteiger partial charge >= 0.3 is 5.97 Å². The third-order valence-corrected chi connectivity index (χ3v) is 5.73. The van der Waals surface area contributed by atoms with Gasteiger partial charge in [-0.25, -0.2) is 9.78 Å². The van der Waals surface area contributed by atoms with E-state index in [0.29, 0.717) is 27.2 Å². The summed E-state index contributed by atoms with van der Waals surface area (Å²) in [6.45, 7) is 4.70. The van der Waals surface area contributed by atoms with Gasteiger partial charge in [0.1, 0.15) is 4.83 Å². The lowest BCUT2D eigenvalue weighted by Gasteiger charge is -2.05. The lowest BCUT2D eigenvalue weighted by atomic mass is 10.1. The molecular formula is C20H21N3O4S. The Balaban J connectivity index is 1.79. The summed E-state index contributed by atoms with van der Waals surface area (Å²) in [6, 6.07) is 6.32. The number of carbonyl (C=O) groups excluding carboxylic acids is 1. The molecule has 1 aromatic carbocycles. The van der Waals surface area contributed by atoms with Crippen LogP contribution in [0.25, 0.3) is 10.2 Å². The van der Waals surface area contributed by atoms with E-state index in [4.69, 9.17) is 5.11 Å². The van der Waals surface area contributed by atoms with Gasteiger partial charge in [0.15, 0.2) is 0 Å². The van der Waals surface area contributed by atoms with Crippen molar-refractivity contribution in [3.63, 3.8) is 0 Å². The number of nitrogens with zero attached hydrogens (tertiary/aromatic N) is 2. The van der Waals surface area contributed by atoms with Gasteiger partial charge in [0.05, 0.1) is 22.2 Å². The lowest BCUT2D eigenvalue weighted by Crippen LogP contribution is -2.23. The molecule has 7 nitrogen and oxygen atoms in total. The van der Waals surface area contributed by atoms with Crippen LogP contribution in [-0.2, 0) is 13.1 Å². The minimum atomic E-state index is -0.992. The van der Waals surface area contributed by atoms with Crippen LogP contribution >= 0.6 is 11.3 Å². The summed E-state index contributed by atoms with van der Waals surface area (Å²) in [4.78, 5) is 41.6. The summed E-state index contributed by atoms with van der Waals surface area (Å²) < 4.78 is 1.59. The Bertz CT molecular complexity index is 1080. The number of carbonyl (C=O) groups is 2. The first-order chi connectivity index (χ1) is 13.4. The maximum atomic E-state index is 12.7. The van der Waals surface area contributed by atoms with Crippen molar-refractivity contribution in [2.75, 3.05) is 0 Å². The van der Waals surface area contributed by atoms with E-state index in [1.807, 2.05) is 0 Å². The number of rotatable bonds is 7. The number of hydrogen-bond donors (Lipinski definition) is 2. The van der Waals surface area contributed by atoms with Crippen molar-refractivity contribution >= 4 is 33.4 Å². The Labute approximate surface area is 165 Å². The van der Waals surface area contributed by atoms with E-state index in [1.54, 1.807) is 30.0 Å². The Morgan fingerprint density at radius 2 is 1.96 bits per heavy atom. The molecule has 2 aromatic heterocycles. The highest BCUT2D eigenvalue weighted by atomic mass is 32.1. The number of thiophene rings is 1. The number of nitrogens with one attached hydrogen (secondary N) is 1. The van der Waals surface area contributed by atoms with Crippen LogP contribution in [0.3, 0.4) is 0 Å². The fraction of sp³-hybridized carbons (Fsp3) is 0.300. The van der Waals surface area contributed by atoms with Gasteiger partial charge < -0.3 is 10.4 Å². The van der Waals surface area contributed by atoms with Crippen LogP contribution in [0.4, 0.5) is 0 Å². The van der Waals surface area contributed by atoms with Crippen LogP contribution in [0.5, 0.6) is 0 Å². The molecule has 0 saturated carbocycles. The van der Waals surface area contributed by atoms with E-state index in [1.165, 1.54) is 23.5 Å². The maximum absolute atomic E-state index is 12.7. The highest BCUT2D eigenvalue weighted by Gasteiger charge is 2.19. The van der Waals surface area contributed by atoms with E-state index >= 15 is 0 Å². The van der Waals surface area contributed by atoms with Crippen molar-refractivity contribution in [2.45, 2.75) is 39.8 Å². The number of aryl methyl sites for hydroxylation is 2. The average molecular weight is 399 g/mol. The van der Waals surface area contributed by atoms with E-state index in [0.717, 1.165) is 18.4 Å². The predicted octanol–water partition coefficient (Wildman–Crippen LogP) is 3.19. The summed E-state index contributed by atoms with van der Waals surface area (Å²) in [5.41, 5.74) is 1.51. The number of carboxylic acid groups (broad SMARTS) is 1. The van der Waals surface area contributed by atoms with Gasteiger partial charge in [-0.15, -0.1) is 11.3 Å². The van der Waals surface area contributed by atoms with Gasteiger partial charge in [-0.2, -0.15) is 0 Å². The smallest absolute Gasteiger partial charge is 0.335 e. The first kappa shape index (κ1) is 19.8. The molecule has 0 fully saturated rings. The van der Waals surface area contributed by atoms with Crippen molar-refractivity contribution in [1.29, 1.82) is 0 Å². The molecule has 0 atom stereocenters. The molecule has 0 aliphatic carbocycles. The Kier molecular flexibility index (Phi) is 5.89. The van der Waals surface area contributed by atoms with Crippen molar-refractivity contribution in [3.05, 3.63) is 62.5 Å². The van der Waals surface area contributed by atoms with Gasteiger partial charge in [-0.1, -0.05) is 25.5 Å². The molecule has 28 heavy (non-hydrogen) atoms. The lowest BCUT2D eigenvalue weighted by molar-refractivity contribution is 0.0696. The molecule has 0 aliphatic rings. The summed E-state index contributed by atoms with van der Waals surface area (Å²) >= 11 is 1.21. The summed E-state index contributed by atoms with van der Waals surface area (Å²) in [5.74, 6) is -1.27. The number of unbranched alkanes of at least 4 members (excludes halogenated alkanes) is 1. The molecule has 3 aromatic rings.